The zero-order chi connectivity index (χ0) is 13.1. The lowest BCUT2D eigenvalue weighted by Gasteiger charge is -2.06. The Balaban J connectivity index is 1.51. The first-order valence-corrected chi connectivity index (χ1v) is 6.89. The van der Waals surface area contributed by atoms with Crippen LogP contribution in [0.15, 0.2) is 36.5 Å². The van der Waals surface area contributed by atoms with Crippen LogP contribution in [0.1, 0.15) is 41.4 Å². The summed E-state index contributed by atoms with van der Waals surface area (Å²) in [7, 11) is 0. The fraction of sp³-hybridized carbons (Fsp3) is 0.375. The van der Waals surface area contributed by atoms with Gasteiger partial charge in [0.1, 0.15) is 5.82 Å². The van der Waals surface area contributed by atoms with E-state index in [1.165, 1.54) is 24.0 Å². The summed E-state index contributed by atoms with van der Waals surface area (Å²) in [6.45, 7) is 3.59. The average molecular weight is 253 g/mol. The van der Waals surface area contributed by atoms with E-state index in [9.17, 15) is 0 Å². The smallest absolute Gasteiger partial charge is 0.125 e. The minimum Gasteiger partial charge on any atom is -0.307 e. The summed E-state index contributed by atoms with van der Waals surface area (Å²) in [6.07, 6.45) is 4.54. The molecule has 0 atom stereocenters. The molecule has 1 aliphatic rings. The predicted molar refractivity (Wildman–Crippen MR) is 75.7 cm³/mol. The van der Waals surface area contributed by atoms with E-state index in [1.807, 2.05) is 19.2 Å². The molecule has 0 saturated heterocycles. The normalized spacial score (nSPS) is 14.6. The van der Waals surface area contributed by atoms with Crippen molar-refractivity contribution in [2.75, 3.05) is 0 Å². The van der Waals surface area contributed by atoms with Gasteiger partial charge in [0.25, 0.3) is 0 Å². The van der Waals surface area contributed by atoms with E-state index in [0.29, 0.717) is 0 Å². The maximum absolute atomic E-state index is 4.38. The molecule has 1 N–H and O–H groups in total. The molecule has 0 aliphatic heterocycles. The zero-order valence-corrected chi connectivity index (χ0v) is 11.3. The van der Waals surface area contributed by atoms with Crippen LogP contribution in [-0.2, 0) is 13.1 Å². The van der Waals surface area contributed by atoms with Gasteiger partial charge in [0, 0.05) is 19.3 Å². The summed E-state index contributed by atoms with van der Waals surface area (Å²) in [5, 5.41) is 3.42. The second-order valence-electron chi connectivity index (χ2n) is 5.21. The SMILES string of the molecule is Cc1nccc(CNCc2ccc(C3CC3)cc2)n1. The fourth-order valence-electron chi connectivity index (χ4n) is 2.26. The number of hydrogen-bond acceptors (Lipinski definition) is 3. The summed E-state index contributed by atoms with van der Waals surface area (Å²) in [5.41, 5.74) is 3.87. The van der Waals surface area contributed by atoms with Gasteiger partial charge in [0.2, 0.25) is 0 Å². The summed E-state index contributed by atoms with van der Waals surface area (Å²) in [5.74, 6) is 1.67. The van der Waals surface area contributed by atoms with Gasteiger partial charge in [-0.2, -0.15) is 0 Å². The Hall–Kier alpha value is -1.74. The number of aromatic nitrogens is 2. The van der Waals surface area contributed by atoms with Gasteiger partial charge in [-0.1, -0.05) is 24.3 Å². The molecule has 0 radical (unpaired) electrons. The molecule has 1 aromatic carbocycles. The first-order valence-electron chi connectivity index (χ1n) is 6.89. The lowest BCUT2D eigenvalue weighted by molar-refractivity contribution is 0.675. The van der Waals surface area contributed by atoms with Crippen LogP contribution in [0.25, 0.3) is 0 Å². The standard InChI is InChI=1S/C16H19N3/c1-12-18-9-8-16(19-12)11-17-10-13-2-4-14(5-3-13)15-6-7-15/h2-5,8-9,15,17H,6-7,10-11H2,1H3. The third-order valence-corrected chi connectivity index (χ3v) is 3.50. The molecular formula is C16H19N3. The van der Waals surface area contributed by atoms with Crippen molar-refractivity contribution in [2.24, 2.45) is 0 Å². The van der Waals surface area contributed by atoms with E-state index in [-0.39, 0.29) is 0 Å². The molecule has 1 aromatic heterocycles. The van der Waals surface area contributed by atoms with Crippen molar-refractivity contribution >= 4 is 0 Å². The highest BCUT2D eigenvalue weighted by molar-refractivity contribution is 5.28. The van der Waals surface area contributed by atoms with Crippen molar-refractivity contribution in [1.82, 2.24) is 15.3 Å². The number of rotatable bonds is 5. The molecule has 1 saturated carbocycles. The van der Waals surface area contributed by atoms with E-state index in [0.717, 1.165) is 30.5 Å². The highest BCUT2D eigenvalue weighted by atomic mass is 14.9. The Morgan fingerprint density at radius 1 is 1.11 bits per heavy atom. The van der Waals surface area contributed by atoms with Crippen molar-refractivity contribution in [3.63, 3.8) is 0 Å². The molecule has 1 fully saturated rings. The molecule has 0 unspecified atom stereocenters. The first kappa shape index (κ1) is 12.3. The van der Waals surface area contributed by atoms with Crippen molar-refractivity contribution in [2.45, 2.75) is 38.8 Å². The topological polar surface area (TPSA) is 37.8 Å². The lowest BCUT2D eigenvalue weighted by Crippen LogP contribution is -2.14. The summed E-state index contributed by atoms with van der Waals surface area (Å²) in [4.78, 5) is 8.48. The van der Waals surface area contributed by atoms with Gasteiger partial charge in [-0.25, -0.2) is 9.97 Å². The Bertz CT molecular complexity index is 544. The van der Waals surface area contributed by atoms with Crippen LogP contribution in [0.4, 0.5) is 0 Å². The van der Waals surface area contributed by atoms with E-state index >= 15 is 0 Å². The van der Waals surface area contributed by atoms with E-state index < -0.39 is 0 Å². The Morgan fingerprint density at radius 3 is 2.58 bits per heavy atom. The summed E-state index contributed by atoms with van der Waals surface area (Å²) >= 11 is 0. The van der Waals surface area contributed by atoms with Gasteiger partial charge in [0.05, 0.1) is 5.69 Å². The Morgan fingerprint density at radius 2 is 1.89 bits per heavy atom. The third kappa shape index (κ3) is 3.38. The second-order valence-corrected chi connectivity index (χ2v) is 5.21. The van der Waals surface area contributed by atoms with Crippen LogP contribution >= 0.6 is 0 Å². The molecule has 3 heteroatoms. The van der Waals surface area contributed by atoms with E-state index in [2.05, 4.69) is 39.6 Å². The van der Waals surface area contributed by atoms with Crippen LogP contribution in [0, 0.1) is 6.92 Å². The number of nitrogens with zero attached hydrogens (tertiary/aromatic N) is 2. The van der Waals surface area contributed by atoms with Gasteiger partial charge < -0.3 is 5.32 Å². The van der Waals surface area contributed by atoms with Crippen molar-refractivity contribution < 1.29 is 0 Å². The van der Waals surface area contributed by atoms with Crippen LogP contribution in [0.2, 0.25) is 0 Å². The minimum atomic E-state index is 0.785. The van der Waals surface area contributed by atoms with E-state index in [1.54, 1.807) is 0 Å². The highest BCUT2D eigenvalue weighted by Crippen LogP contribution is 2.39. The third-order valence-electron chi connectivity index (χ3n) is 3.50. The monoisotopic (exact) mass is 253 g/mol. The summed E-state index contributed by atoms with van der Waals surface area (Å²) < 4.78 is 0. The Labute approximate surface area is 114 Å². The van der Waals surface area contributed by atoms with Gasteiger partial charge in [0.15, 0.2) is 0 Å². The van der Waals surface area contributed by atoms with Crippen LogP contribution in [0.3, 0.4) is 0 Å². The maximum atomic E-state index is 4.38. The van der Waals surface area contributed by atoms with Crippen LogP contribution in [0.5, 0.6) is 0 Å². The Kier molecular flexibility index (Phi) is 3.56. The van der Waals surface area contributed by atoms with Gasteiger partial charge in [-0.05, 0) is 42.9 Å². The number of benzene rings is 1. The highest BCUT2D eigenvalue weighted by Gasteiger charge is 2.22. The largest absolute Gasteiger partial charge is 0.307 e. The zero-order valence-electron chi connectivity index (χ0n) is 11.3. The molecule has 0 amide bonds. The molecule has 3 nitrogen and oxygen atoms in total. The van der Waals surface area contributed by atoms with Gasteiger partial charge in [-0.3, -0.25) is 0 Å². The molecule has 19 heavy (non-hydrogen) atoms. The molecule has 1 aliphatic carbocycles. The summed E-state index contributed by atoms with van der Waals surface area (Å²) in [6, 6.07) is 10.9. The van der Waals surface area contributed by atoms with Crippen molar-refractivity contribution in [3.8, 4) is 0 Å². The molecular weight excluding hydrogens is 234 g/mol. The molecule has 0 spiro atoms. The van der Waals surface area contributed by atoms with Gasteiger partial charge >= 0.3 is 0 Å². The molecule has 2 aromatic rings. The van der Waals surface area contributed by atoms with Crippen molar-refractivity contribution in [1.29, 1.82) is 0 Å². The second kappa shape index (κ2) is 5.49. The van der Waals surface area contributed by atoms with Crippen LogP contribution < -0.4 is 5.32 Å². The van der Waals surface area contributed by atoms with Crippen LogP contribution in [-0.4, -0.2) is 9.97 Å². The molecule has 0 bridgehead atoms. The van der Waals surface area contributed by atoms with Gasteiger partial charge in [-0.15, -0.1) is 0 Å². The van der Waals surface area contributed by atoms with E-state index in [4.69, 9.17) is 0 Å². The quantitative estimate of drug-likeness (QED) is 0.890. The number of aryl methyl sites for hydroxylation is 1. The predicted octanol–water partition coefficient (Wildman–Crippen LogP) is 2.95. The van der Waals surface area contributed by atoms with Crippen molar-refractivity contribution in [3.05, 3.63) is 59.2 Å². The first-order chi connectivity index (χ1) is 9.31. The fourth-order valence-corrected chi connectivity index (χ4v) is 2.26. The molecule has 1 heterocycles. The lowest BCUT2D eigenvalue weighted by atomic mass is 10.1. The average Bonchev–Trinajstić information content (AvgIpc) is 3.24. The molecule has 3 rings (SSSR count). The minimum absolute atomic E-state index is 0.785. The maximum Gasteiger partial charge on any atom is 0.125 e. The molecule has 98 valence electrons. The number of hydrogen-bond donors (Lipinski definition) is 1. The number of nitrogens with one attached hydrogen (secondary N) is 1.